The van der Waals surface area contributed by atoms with Crippen LogP contribution in [0.1, 0.15) is 11.5 Å². The van der Waals surface area contributed by atoms with E-state index in [0.29, 0.717) is 6.54 Å². The summed E-state index contributed by atoms with van der Waals surface area (Å²) in [5.74, 6) is -1.30. The van der Waals surface area contributed by atoms with Crippen molar-refractivity contribution in [2.45, 2.75) is 5.92 Å². The average Bonchev–Trinajstić information content (AvgIpc) is 2.82. The Kier molecular flexibility index (Phi) is 1.50. The summed E-state index contributed by atoms with van der Waals surface area (Å²) in [7, 11) is 0. The zero-order valence-corrected chi connectivity index (χ0v) is 7.82. The number of rotatable bonds is 1. The zero-order valence-electron chi connectivity index (χ0n) is 7.82. The molecule has 76 valence electrons. The topological polar surface area (TPSA) is 78.0 Å². The highest BCUT2D eigenvalue weighted by molar-refractivity contribution is 5.93. The Labute approximate surface area is 85.1 Å². The lowest BCUT2D eigenvalue weighted by atomic mass is 10.00. The van der Waals surface area contributed by atoms with Crippen molar-refractivity contribution in [3.8, 4) is 0 Å². The molecule has 0 aliphatic carbocycles. The lowest BCUT2D eigenvalue weighted by molar-refractivity contribution is -0.138. The van der Waals surface area contributed by atoms with Gasteiger partial charge in [-0.25, -0.2) is 4.98 Å². The summed E-state index contributed by atoms with van der Waals surface area (Å²) in [5.41, 5.74) is 3.30. The molecule has 1 aliphatic heterocycles. The van der Waals surface area contributed by atoms with Crippen LogP contribution in [-0.4, -0.2) is 27.6 Å². The number of fused-ring (bicyclic) bond motifs is 3. The highest BCUT2D eigenvalue weighted by Gasteiger charge is 2.30. The minimum atomic E-state index is -0.809. The number of benzene rings is 1. The molecule has 0 fully saturated rings. The van der Waals surface area contributed by atoms with Crippen LogP contribution in [0.25, 0.3) is 11.0 Å². The second-order valence-electron chi connectivity index (χ2n) is 3.60. The first-order chi connectivity index (χ1) is 7.27. The highest BCUT2D eigenvalue weighted by atomic mass is 16.4. The van der Waals surface area contributed by atoms with Crippen LogP contribution in [-0.2, 0) is 4.79 Å². The number of anilines is 1. The van der Waals surface area contributed by atoms with Crippen molar-refractivity contribution in [1.29, 1.82) is 0 Å². The summed E-state index contributed by atoms with van der Waals surface area (Å²) in [4.78, 5) is 18.2. The molecule has 15 heavy (non-hydrogen) atoms. The molecule has 0 saturated heterocycles. The van der Waals surface area contributed by atoms with Crippen LogP contribution in [0.3, 0.4) is 0 Å². The Morgan fingerprint density at radius 3 is 3.20 bits per heavy atom. The zero-order chi connectivity index (χ0) is 10.4. The standard InChI is InChI=1S/C10H9N3O2/c14-10(15)5-3-11-6-1-2-7-9(8(5)6)13-4-12-7/h1-2,4-5,11H,3H2,(H,12,13)(H,14,15). The van der Waals surface area contributed by atoms with Crippen molar-refractivity contribution in [2.24, 2.45) is 0 Å². The molecule has 1 aromatic carbocycles. The number of nitrogens with one attached hydrogen (secondary N) is 2. The van der Waals surface area contributed by atoms with Gasteiger partial charge in [0.05, 0.1) is 17.4 Å². The van der Waals surface area contributed by atoms with Gasteiger partial charge in [0.25, 0.3) is 0 Å². The predicted molar refractivity (Wildman–Crippen MR) is 55.0 cm³/mol. The van der Waals surface area contributed by atoms with Gasteiger partial charge in [0.15, 0.2) is 0 Å². The fourth-order valence-electron chi connectivity index (χ4n) is 2.06. The number of hydrogen-bond acceptors (Lipinski definition) is 3. The van der Waals surface area contributed by atoms with Crippen molar-refractivity contribution in [3.05, 3.63) is 24.0 Å². The lowest BCUT2D eigenvalue weighted by Crippen LogP contribution is -2.13. The van der Waals surface area contributed by atoms with E-state index in [9.17, 15) is 4.79 Å². The summed E-state index contributed by atoms with van der Waals surface area (Å²) >= 11 is 0. The van der Waals surface area contributed by atoms with Gasteiger partial charge in [-0.15, -0.1) is 0 Å². The van der Waals surface area contributed by atoms with Crippen molar-refractivity contribution in [1.82, 2.24) is 9.97 Å². The van der Waals surface area contributed by atoms with Gasteiger partial charge in [-0.05, 0) is 12.1 Å². The van der Waals surface area contributed by atoms with Gasteiger partial charge in [0.2, 0.25) is 0 Å². The molecule has 3 N–H and O–H groups in total. The van der Waals surface area contributed by atoms with E-state index in [4.69, 9.17) is 5.11 Å². The third-order valence-corrected chi connectivity index (χ3v) is 2.77. The van der Waals surface area contributed by atoms with Crippen LogP contribution in [0.4, 0.5) is 5.69 Å². The number of aromatic nitrogens is 2. The minimum Gasteiger partial charge on any atom is -0.481 e. The van der Waals surface area contributed by atoms with Gasteiger partial charge in [0, 0.05) is 17.8 Å². The summed E-state index contributed by atoms with van der Waals surface area (Å²) < 4.78 is 0. The maximum absolute atomic E-state index is 11.1. The fourth-order valence-corrected chi connectivity index (χ4v) is 2.06. The molecule has 1 unspecified atom stereocenters. The summed E-state index contributed by atoms with van der Waals surface area (Å²) in [5, 5.41) is 12.2. The number of imidazole rings is 1. The first-order valence-corrected chi connectivity index (χ1v) is 4.70. The largest absolute Gasteiger partial charge is 0.481 e. The van der Waals surface area contributed by atoms with Crippen LogP contribution in [0.2, 0.25) is 0 Å². The van der Waals surface area contributed by atoms with E-state index in [1.165, 1.54) is 0 Å². The molecule has 0 radical (unpaired) electrons. The van der Waals surface area contributed by atoms with E-state index in [1.54, 1.807) is 6.33 Å². The van der Waals surface area contributed by atoms with Crippen molar-refractivity contribution >= 4 is 22.7 Å². The van der Waals surface area contributed by atoms with Crippen molar-refractivity contribution in [2.75, 3.05) is 11.9 Å². The Morgan fingerprint density at radius 2 is 2.40 bits per heavy atom. The van der Waals surface area contributed by atoms with Crippen LogP contribution in [0.15, 0.2) is 18.5 Å². The second-order valence-corrected chi connectivity index (χ2v) is 3.60. The number of hydrogen-bond donors (Lipinski definition) is 3. The number of aromatic amines is 1. The molecule has 1 atom stereocenters. The van der Waals surface area contributed by atoms with Crippen LogP contribution >= 0.6 is 0 Å². The molecule has 0 bridgehead atoms. The number of carbonyl (C=O) groups is 1. The number of aliphatic carboxylic acids is 1. The third kappa shape index (κ3) is 1.03. The van der Waals surface area contributed by atoms with Crippen molar-refractivity contribution in [3.63, 3.8) is 0 Å². The minimum absolute atomic E-state index is 0.441. The molecule has 3 rings (SSSR count). The highest BCUT2D eigenvalue weighted by Crippen LogP contribution is 2.36. The quantitative estimate of drug-likeness (QED) is 0.649. The SMILES string of the molecule is O=C(O)C1CNc2ccc3[nH]cnc3c21. The molecular formula is C10H9N3O2. The van der Waals surface area contributed by atoms with Gasteiger partial charge in [0.1, 0.15) is 5.92 Å². The normalized spacial score (nSPS) is 18.8. The molecule has 0 spiro atoms. The van der Waals surface area contributed by atoms with E-state index in [-0.39, 0.29) is 0 Å². The maximum Gasteiger partial charge on any atom is 0.312 e. The molecule has 5 heteroatoms. The van der Waals surface area contributed by atoms with E-state index in [0.717, 1.165) is 22.3 Å². The smallest absolute Gasteiger partial charge is 0.312 e. The average molecular weight is 203 g/mol. The maximum atomic E-state index is 11.1. The fraction of sp³-hybridized carbons (Fsp3) is 0.200. The van der Waals surface area contributed by atoms with Gasteiger partial charge < -0.3 is 15.4 Å². The number of carboxylic acids is 1. The molecule has 1 aliphatic rings. The molecule has 2 aromatic rings. The summed E-state index contributed by atoms with van der Waals surface area (Å²) in [6.45, 7) is 0.441. The molecule has 0 saturated carbocycles. The lowest BCUT2D eigenvalue weighted by Gasteiger charge is -2.04. The van der Waals surface area contributed by atoms with E-state index >= 15 is 0 Å². The summed E-state index contributed by atoms with van der Waals surface area (Å²) in [6.07, 6.45) is 1.59. The Balaban J connectivity index is 2.31. The monoisotopic (exact) mass is 203 g/mol. The van der Waals surface area contributed by atoms with Gasteiger partial charge in [-0.1, -0.05) is 0 Å². The Bertz CT molecular complexity index is 547. The number of nitrogens with zero attached hydrogens (tertiary/aromatic N) is 1. The van der Waals surface area contributed by atoms with E-state index < -0.39 is 11.9 Å². The molecule has 1 aromatic heterocycles. The van der Waals surface area contributed by atoms with Crippen LogP contribution < -0.4 is 5.32 Å². The molecular weight excluding hydrogens is 194 g/mol. The Hall–Kier alpha value is -2.04. The Morgan fingerprint density at radius 1 is 1.53 bits per heavy atom. The molecule has 5 nitrogen and oxygen atoms in total. The van der Waals surface area contributed by atoms with Crippen molar-refractivity contribution < 1.29 is 9.90 Å². The first kappa shape index (κ1) is 8.28. The molecule has 0 amide bonds. The van der Waals surface area contributed by atoms with Gasteiger partial charge >= 0.3 is 5.97 Å². The van der Waals surface area contributed by atoms with E-state index in [1.807, 2.05) is 12.1 Å². The third-order valence-electron chi connectivity index (χ3n) is 2.77. The van der Waals surface area contributed by atoms with Gasteiger partial charge in [-0.3, -0.25) is 4.79 Å². The summed E-state index contributed by atoms with van der Waals surface area (Å²) in [6, 6.07) is 3.79. The second kappa shape index (κ2) is 2.73. The molecule has 2 heterocycles. The number of carboxylic acid groups (broad SMARTS) is 1. The van der Waals surface area contributed by atoms with E-state index in [2.05, 4.69) is 15.3 Å². The van der Waals surface area contributed by atoms with Crippen LogP contribution in [0, 0.1) is 0 Å². The van der Waals surface area contributed by atoms with Crippen LogP contribution in [0.5, 0.6) is 0 Å². The predicted octanol–water partition coefficient (Wildman–Crippen LogP) is 1.16. The first-order valence-electron chi connectivity index (χ1n) is 4.70. The number of H-pyrrole nitrogens is 1. The van der Waals surface area contributed by atoms with Gasteiger partial charge in [-0.2, -0.15) is 0 Å².